The highest BCUT2D eigenvalue weighted by molar-refractivity contribution is 7.53. The van der Waals surface area contributed by atoms with E-state index in [1.54, 1.807) is 24.9 Å². The first-order valence-electron chi connectivity index (χ1n) is 30.8. The zero-order valence-electron chi connectivity index (χ0n) is 52.4. The second-order valence-electron chi connectivity index (χ2n) is 24.0. The molecule has 2 fully saturated rings. The monoisotopic (exact) mass is 1290 g/mol. The maximum Gasteiger partial charge on any atom is 0.351 e. The maximum absolute atomic E-state index is 15.6. The van der Waals surface area contributed by atoms with Crippen molar-refractivity contribution in [3.05, 3.63) is 263 Å². The molecule has 0 radical (unpaired) electrons. The van der Waals surface area contributed by atoms with Gasteiger partial charge in [0, 0.05) is 26.0 Å². The molecule has 5 heterocycles. The third kappa shape index (κ3) is 13.5. The molecule has 0 saturated carbocycles. The predicted octanol–water partition coefficient (Wildman–Crippen LogP) is 10.0. The second-order valence-corrected chi connectivity index (χ2v) is 30.3. The molecule has 4 N–H and O–H groups in total. The molecule has 480 valence electrons. The molecule has 2 aliphatic heterocycles. The number of nitrogens with zero attached hydrogens (tertiary/aromatic N) is 6. The van der Waals surface area contributed by atoms with Gasteiger partial charge in [0.2, 0.25) is 0 Å². The summed E-state index contributed by atoms with van der Waals surface area (Å²) in [6.07, 6.45) is -6.24. The number of hydrogen-bond donors (Lipinski definition) is 4. The van der Waals surface area contributed by atoms with E-state index in [4.69, 9.17) is 42.1 Å². The summed E-state index contributed by atoms with van der Waals surface area (Å²) in [5, 5.41) is 33.5. The molecule has 2 saturated heterocycles. The fourth-order valence-electron chi connectivity index (χ4n) is 12.5. The molecule has 20 nitrogen and oxygen atoms in total. The van der Waals surface area contributed by atoms with E-state index in [1.165, 1.54) is 30.1 Å². The lowest BCUT2D eigenvalue weighted by Gasteiger charge is -2.45. The summed E-state index contributed by atoms with van der Waals surface area (Å²) in [5.41, 5.74) is 2.91. The van der Waals surface area contributed by atoms with Crippen LogP contribution in [0, 0.1) is 0 Å². The minimum atomic E-state index is -4.39. The standard InChI is InChI=1S/C71H75N8O12PSi/c1-70(2,3)93(55-28-18-10-19-29-55,56-30-20-11-21-31-56)91-64-58(89-67(62(64)81)78-41-40-59(77-69(78)82)72-42-48-22-12-7-13-23-48)45-87-92(6,83)90-63-57(88-68(61(63)80)79-47-76-60-65(74-46-75-66(60)79)73-43-49-24-14-8-15-25-49)44-86-71(50-26-16-9-17-27-50,51-32-36-53(84-4)37-33-51)52-34-38-54(85-5)39-35-52/h7-41,46-47,57-58,61-64,67-68,80-81H,42-45H2,1-6H3,(H,72,77,82)(H,73,74,75)/t57-,58-,61-,62-,63-,64-,67-,68-,92?/m1/s1. The van der Waals surface area contributed by atoms with E-state index in [2.05, 4.69) is 46.4 Å². The van der Waals surface area contributed by atoms with Crippen molar-refractivity contribution in [1.29, 1.82) is 0 Å². The van der Waals surface area contributed by atoms with E-state index in [1.807, 2.05) is 200 Å². The molecular weight excluding hydrogens is 1220 g/mol. The third-order valence-corrected chi connectivity index (χ3v) is 23.4. The van der Waals surface area contributed by atoms with E-state index in [0.717, 1.165) is 38.2 Å². The highest BCUT2D eigenvalue weighted by atomic mass is 31.2. The average molecular weight is 1290 g/mol. The van der Waals surface area contributed by atoms with Crippen molar-refractivity contribution >= 4 is 49.1 Å². The number of rotatable bonds is 25. The second kappa shape index (κ2) is 27.9. The zero-order valence-corrected chi connectivity index (χ0v) is 54.3. The summed E-state index contributed by atoms with van der Waals surface area (Å²) in [6, 6.07) is 65.8. The third-order valence-electron chi connectivity index (χ3n) is 17.1. The van der Waals surface area contributed by atoms with Crippen LogP contribution >= 0.6 is 7.60 Å². The molecule has 22 heteroatoms. The number of anilines is 2. The minimum absolute atomic E-state index is 0.270. The number of methoxy groups -OCH3 is 2. The Labute approximate surface area is 540 Å². The smallest absolute Gasteiger partial charge is 0.351 e. The van der Waals surface area contributed by atoms with Gasteiger partial charge in [-0.1, -0.05) is 197 Å². The molecule has 12 rings (SSSR count). The Kier molecular flexibility index (Phi) is 19.3. The number of nitrogens with one attached hydrogen (secondary N) is 2. The van der Waals surface area contributed by atoms with Gasteiger partial charge in [0.15, 0.2) is 29.4 Å². The van der Waals surface area contributed by atoms with Gasteiger partial charge in [0.05, 0.1) is 33.8 Å². The Morgan fingerprint density at radius 1 is 0.591 bits per heavy atom. The average Bonchev–Trinajstić information content (AvgIpc) is 1.62. The van der Waals surface area contributed by atoms with Crippen LogP contribution in [0.4, 0.5) is 11.6 Å². The first-order chi connectivity index (χ1) is 45.1. The van der Waals surface area contributed by atoms with Crippen molar-refractivity contribution in [2.75, 3.05) is 44.7 Å². The summed E-state index contributed by atoms with van der Waals surface area (Å²) >= 11 is 0. The lowest BCUT2D eigenvalue weighted by molar-refractivity contribution is -0.0933. The molecule has 0 amide bonds. The number of benzene rings is 7. The molecule has 7 aromatic carbocycles. The van der Waals surface area contributed by atoms with Crippen molar-refractivity contribution in [3.63, 3.8) is 0 Å². The van der Waals surface area contributed by atoms with Crippen LogP contribution in [0.5, 0.6) is 11.5 Å². The molecule has 93 heavy (non-hydrogen) atoms. The van der Waals surface area contributed by atoms with Gasteiger partial charge in [-0.25, -0.2) is 19.7 Å². The van der Waals surface area contributed by atoms with Crippen molar-refractivity contribution in [1.82, 2.24) is 29.1 Å². The van der Waals surface area contributed by atoms with Crippen LogP contribution < -0.4 is 36.2 Å². The van der Waals surface area contributed by atoms with Crippen LogP contribution in [0.3, 0.4) is 0 Å². The van der Waals surface area contributed by atoms with E-state index < -0.39 is 87.9 Å². The minimum Gasteiger partial charge on any atom is -0.497 e. The van der Waals surface area contributed by atoms with Crippen LogP contribution in [-0.4, -0.2) is 118 Å². The summed E-state index contributed by atoms with van der Waals surface area (Å²) < 4.78 is 71.5. The van der Waals surface area contributed by atoms with Gasteiger partial charge >= 0.3 is 13.3 Å². The molecule has 10 aromatic rings. The molecule has 3 aromatic heterocycles. The zero-order chi connectivity index (χ0) is 64.7. The Morgan fingerprint density at radius 3 is 1.62 bits per heavy atom. The van der Waals surface area contributed by atoms with Gasteiger partial charge in [-0.05, 0) is 73.6 Å². The van der Waals surface area contributed by atoms with Gasteiger partial charge in [0.1, 0.15) is 65.9 Å². The quantitative estimate of drug-likeness (QED) is 0.0237. The summed E-state index contributed by atoms with van der Waals surface area (Å²) in [7, 11) is -4.70. The number of ether oxygens (including phenoxy) is 5. The van der Waals surface area contributed by atoms with Crippen LogP contribution in [0.15, 0.2) is 230 Å². The van der Waals surface area contributed by atoms with Crippen LogP contribution in [0.25, 0.3) is 11.2 Å². The van der Waals surface area contributed by atoms with Crippen molar-refractivity contribution in [2.45, 2.75) is 93.6 Å². The van der Waals surface area contributed by atoms with E-state index >= 15 is 4.57 Å². The summed E-state index contributed by atoms with van der Waals surface area (Å²) in [4.78, 5) is 32.4. The van der Waals surface area contributed by atoms with Gasteiger partial charge in [-0.2, -0.15) is 4.98 Å². The first kappa shape index (κ1) is 64.4. The molecule has 2 aliphatic rings. The molecule has 0 aliphatic carbocycles. The maximum atomic E-state index is 15.6. The van der Waals surface area contributed by atoms with Crippen LogP contribution in [0.2, 0.25) is 5.04 Å². The molecule has 0 spiro atoms. The fraction of sp³-hybridized carbons (Fsp3) is 0.282. The van der Waals surface area contributed by atoms with Crippen LogP contribution in [-0.2, 0) is 50.9 Å². The Bertz CT molecular complexity index is 4110. The summed E-state index contributed by atoms with van der Waals surface area (Å²) in [6.45, 7) is 7.73. The number of fused-ring (bicyclic) bond motifs is 1. The van der Waals surface area contributed by atoms with E-state index in [-0.39, 0.29) is 6.61 Å². The fourth-order valence-corrected chi connectivity index (χ4v) is 18.4. The van der Waals surface area contributed by atoms with Crippen molar-refractivity contribution < 1.29 is 51.9 Å². The Morgan fingerprint density at radius 2 is 1.09 bits per heavy atom. The molecule has 1 unspecified atom stereocenters. The highest BCUT2D eigenvalue weighted by Gasteiger charge is 2.57. The van der Waals surface area contributed by atoms with Crippen LogP contribution in [0.1, 0.15) is 61.0 Å². The largest absolute Gasteiger partial charge is 0.497 e. The number of aliphatic hydroxyl groups excluding tert-OH is 2. The van der Waals surface area contributed by atoms with Gasteiger partial charge in [-0.15, -0.1) is 0 Å². The Hall–Kier alpha value is -8.70. The lowest BCUT2D eigenvalue weighted by atomic mass is 9.80. The number of imidazole rings is 1. The van der Waals surface area contributed by atoms with Gasteiger partial charge in [-0.3, -0.25) is 18.2 Å². The first-order valence-corrected chi connectivity index (χ1v) is 34.7. The van der Waals surface area contributed by atoms with Gasteiger partial charge in [0.25, 0.3) is 8.32 Å². The van der Waals surface area contributed by atoms with E-state index in [0.29, 0.717) is 47.4 Å². The van der Waals surface area contributed by atoms with E-state index in [9.17, 15) is 15.0 Å². The van der Waals surface area contributed by atoms with Crippen molar-refractivity contribution in [2.24, 2.45) is 0 Å². The molecule has 0 bridgehead atoms. The lowest BCUT2D eigenvalue weighted by Crippen LogP contribution is -2.69. The topological polar surface area (TPSA) is 234 Å². The normalized spacial score (nSPS) is 20.7. The number of aliphatic hydroxyl groups is 2. The summed E-state index contributed by atoms with van der Waals surface area (Å²) in [5.74, 6) is 2.03. The predicted molar refractivity (Wildman–Crippen MR) is 356 cm³/mol. The SMILES string of the molecule is COc1ccc(C(OC[C@H]2O[C@@H](n3cnc4c(NCc5ccccc5)ncnc43)[C@H](O)[C@@H]2OP(C)(=O)OC[C@H]2O[C@@H](n3ccc(NCc4ccccc4)nc3=O)[C@H](O)[C@@H]2O[Si](c2ccccc2)(c2ccccc2)C(C)(C)C)(c2ccccc2)c2ccc(OC)cc2)cc1. The molecule has 9 atom stereocenters. The Balaban J connectivity index is 0.897. The highest BCUT2D eigenvalue weighted by Crippen LogP contribution is 2.52. The van der Waals surface area contributed by atoms with Crippen molar-refractivity contribution in [3.8, 4) is 11.5 Å². The molecular formula is C71H75N8O12PSi. The number of hydrogen-bond acceptors (Lipinski definition) is 18. The number of aromatic nitrogens is 6. The van der Waals surface area contributed by atoms with Gasteiger partial charge < -0.3 is 53.5 Å².